The first-order chi connectivity index (χ1) is 5.60. The average Bonchev–Trinajstić information content (AvgIpc) is 2.02. The summed E-state index contributed by atoms with van der Waals surface area (Å²) in [4.78, 5) is 2.19. The number of rotatable bonds is 5. The first-order valence-electron chi connectivity index (χ1n) is 4.05. The van der Waals surface area contributed by atoms with Crippen molar-refractivity contribution < 1.29 is 0 Å². The lowest BCUT2D eigenvalue weighted by Crippen LogP contribution is -2.29. The monoisotopic (exact) mass is 230 g/mol. The van der Waals surface area contributed by atoms with Gasteiger partial charge in [-0.1, -0.05) is 29.4 Å². The Hall–Kier alpha value is -0.330. The molecule has 0 bridgehead atoms. The van der Waals surface area contributed by atoms with Gasteiger partial charge in [0.1, 0.15) is 0 Å². The predicted molar refractivity (Wildman–Crippen MR) is 55.0 cm³/mol. The van der Waals surface area contributed by atoms with Gasteiger partial charge in [0.05, 0.1) is 12.0 Å². The minimum absolute atomic E-state index is 0.0943. The van der Waals surface area contributed by atoms with Crippen molar-refractivity contribution in [1.29, 1.82) is 5.26 Å². The molecule has 68 valence electrons. The van der Waals surface area contributed by atoms with E-state index in [2.05, 4.69) is 40.4 Å². The van der Waals surface area contributed by atoms with Crippen LogP contribution in [0.5, 0.6) is 0 Å². The lowest BCUT2D eigenvalue weighted by Gasteiger charge is -2.20. The number of nitriles is 1. The molecule has 0 aliphatic rings. The van der Waals surface area contributed by atoms with Gasteiger partial charge in [-0.25, -0.2) is 0 Å². The highest BCUT2D eigenvalue weighted by molar-refractivity contribution is 9.11. The molecule has 0 aliphatic carbocycles. The van der Waals surface area contributed by atoms with Gasteiger partial charge >= 0.3 is 0 Å². The molecular formula is C9H15BrN2. The highest BCUT2D eigenvalue weighted by Crippen LogP contribution is 2.06. The van der Waals surface area contributed by atoms with Crippen molar-refractivity contribution in [1.82, 2.24) is 4.90 Å². The molecule has 0 saturated carbocycles. The largest absolute Gasteiger partial charge is 0.298 e. The molecule has 0 fully saturated rings. The summed E-state index contributed by atoms with van der Waals surface area (Å²) in [6, 6.07) is 2.22. The fourth-order valence-electron chi connectivity index (χ4n) is 0.976. The molecule has 0 rings (SSSR count). The molecule has 2 nitrogen and oxygen atoms in total. The standard InChI is InChI=1S/C9H15BrN2/c1-4-12(7-9(3)10)6-8(2)5-11/h8H,3-4,6-7H2,1-2H3. The SMILES string of the molecule is C=C(Br)CN(CC)CC(C)C#N. The van der Waals surface area contributed by atoms with Crippen LogP contribution in [-0.2, 0) is 0 Å². The Labute approximate surface area is 83.0 Å². The van der Waals surface area contributed by atoms with E-state index < -0.39 is 0 Å². The first kappa shape index (κ1) is 11.7. The van der Waals surface area contributed by atoms with Crippen LogP contribution in [0, 0.1) is 17.2 Å². The van der Waals surface area contributed by atoms with E-state index in [1.807, 2.05) is 6.92 Å². The molecule has 0 saturated heterocycles. The van der Waals surface area contributed by atoms with Gasteiger partial charge in [0.15, 0.2) is 0 Å². The van der Waals surface area contributed by atoms with Gasteiger partial charge in [-0.15, -0.1) is 0 Å². The van der Waals surface area contributed by atoms with E-state index in [1.165, 1.54) is 0 Å². The topological polar surface area (TPSA) is 27.0 Å². The van der Waals surface area contributed by atoms with E-state index in [0.717, 1.165) is 24.1 Å². The van der Waals surface area contributed by atoms with Crippen LogP contribution in [0.15, 0.2) is 11.1 Å². The van der Waals surface area contributed by atoms with Crippen LogP contribution in [0.3, 0.4) is 0 Å². The highest BCUT2D eigenvalue weighted by atomic mass is 79.9. The van der Waals surface area contributed by atoms with Crippen molar-refractivity contribution in [2.24, 2.45) is 5.92 Å². The van der Waals surface area contributed by atoms with E-state index in [4.69, 9.17) is 5.26 Å². The van der Waals surface area contributed by atoms with Crippen molar-refractivity contribution in [3.63, 3.8) is 0 Å². The predicted octanol–water partition coefficient (Wildman–Crippen LogP) is 2.38. The zero-order valence-electron chi connectivity index (χ0n) is 7.68. The second-order valence-electron chi connectivity index (χ2n) is 2.88. The molecule has 0 heterocycles. The van der Waals surface area contributed by atoms with Crippen molar-refractivity contribution in [2.45, 2.75) is 13.8 Å². The molecule has 12 heavy (non-hydrogen) atoms. The average molecular weight is 231 g/mol. The number of hydrogen-bond acceptors (Lipinski definition) is 2. The van der Waals surface area contributed by atoms with Crippen LogP contribution in [0.4, 0.5) is 0 Å². The van der Waals surface area contributed by atoms with Crippen molar-refractivity contribution >= 4 is 15.9 Å². The fraction of sp³-hybridized carbons (Fsp3) is 0.667. The van der Waals surface area contributed by atoms with E-state index in [9.17, 15) is 0 Å². The van der Waals surface area contributed by atoms with Gasteiger partial charge in [-0.05, 0) is 13.5 Å². The summed E-state index contributed by atoms with van der Waals surface area (Å²) in [5.41, 5.74) is 0. The van der Waals surface area contributed by atoms with E-state index in [-0.39, 0.29) is 5.92 Å². The quantitative estimate of drug-likeness (QED) is 0.726. The van der Waals surface area contributed by atoms with Crippen molar-refractivity contribution in [3.05, 3.63) is 11.1 Å². The molecule has 3 heteroatoms. The maximum atomic E-state index is 8.60. The van der Waals surface area contributed by atoms with E-state index in [0.29, 0.717) is 0 Å². The van der Waals surface area contributed by atoms with Gasteiger partial charge in [0.2, 0.25) is 0 Å². The third-order valence-corrected chi connectivity index (χ3v) is 1.85. The summed E-state index contributed by atoms with van der Waals surface area (Å²) in [6.45, 7) is 10.4. The number of likely N-dealkylation sites (N-methyl/N-ethyl adjacent to an activating group) is 1. The third kappa shape index (κ3) is 5.34. The van der Waals surface area contributed by atoms with Crippen molar-refractivity contribution in [3.8, 4) is 6.07 Å². The summed E-state index contributed by atoms with van der Waals surface area (Å²) in [5, 5.41) is 8.60. The van der Waals surface area contributed by atoms with Crippen LogP contribution >= 0.6 is 15.9 Å². The van der Waals surface area contributed by atoms with Gasteiger partial charge in [0, 0.05) is 17.6 Å². The Bertz CT molecular complexity index is 183. The number of halogens is 1. The Balaban J connectivity index is 3.84. The lowest BCUT2D eigenvalue weighted by molar-refractivity contribution is 0.295. The Morgan fingerprint density at radius 2 is 2.33 bits per heavy atom. The molecule has 0 amide bonds. The molecule has 0 aromatic carbocycles. The van der Waals surface area contributed by atoms with Crippen LogP contribution in [0.25, 0.3) is 0 Å². The summed E-state index contributed by atoms with van der Waals surface area (Å²) in [7, 11) is 0. The molecule has 0 radical (unpaired) electrons. The number of hydrogen-bond donors (Lipinski definition) is 0. The van der Waals surface area contributed by atoms with E-state index in [1.54, 1.807) is 0 Å². The molecule has 0 aromatic rings. The Kier molecular flexibility index (Phi) is 6.04. The molecule has 0 aromatic heterocycles. The molecule has 0 aliphatic heterocycles. The van der Waals surface area contributed by atoms with E-state index >= 15 is 0 Å². The highest BCUT2D eigenvalue weighted by Gasteiger charge is 2.07. The fourth-order valence-corrected chi connectivity index (χ4v) is 1.33. The van der Waals surface area contributed by atoms with Crippen molar-refractivity contribution in [2.75, 3.05) is 19.6 Å². The first-order valence-corrected chi connectivity index (χ1v) is 4.84. The lowest BCUT2D eigenvalue weighted by atomic mass is 10.2. The maximum absolute atomic E-state index is 8.60. The Morgan fingerprint density at radius 1 is 1.75 bits per heavy atom. The summed E-state index contributed by atoms with van der Waals surface area (Å²) in [5.74, 6) is 0.0943. The van der Waals surface area contributed by atoms with Crippen LogP contribution in [0.2, 0.25) is 0 Å². The molecule has 1 atom stereocenters. The molecule has 0 N–H and O–H groups in total. The summed E-state index contributed by atoms with van der Waals surface area (Å²) >= 11 is 3.31. The third-order valence-electron chi connectivity index (χ3n) is 1.59. The zero-order chi connectivity index (χ0) is 9.56. The normalized spacial score (nSPS) is 12.6. The molecule has 0 spiro atoms. The van der Waals surface area contributed by atoms with Gasteiger partial charge in [-0.3, -0.25) is 4.90 Å². The van der Waals surface area contributed by atoms with Gasteiger partial charge in [-0.2, -0.15) is 5.26 Å². The molecular weight excluding hydrogens is 216 g/mol. The smallest absolute Gasteiger partial charge is 0.0666 e. The van der Waals surface area contributed by atoms with Crippen LogP contribution in [0.1, 0.15) is 13.8 Å². The van der Waals surface area contributed by atoms with Crippen LogP contribution in [-0.4, -0.2) is 24.5 Å². The number of nitrogens with zero attached hydrogens (tertiary/aromatic N) is 2. The zero-order valence-corrected chi connectivity index (χ0v) is 9.26. The second kappa shape index (κ2) is 6.22. The van der Waals surface area contributed by atoms with Crippen LogP contribution < -0.4 is 0 Å². The second-order valence-corrected chi connectivity index (χ2v) is 4.00. The minimum atomic E-state index is 0.0943. The minimum Gasteiger partial charge on any atom is -0.298 e. The molecule has 1 unspecified atom stereocenters. The summed E-state index contributed by atoms with van der Waals surface area (Å²) in [6.07, 6.45) is 0. The van der Waals surface area contributed by atoms with Gasteiger partial charge < -0.3 is 0 Å². The van der Waals surface area contributed by atoms with Gasteiger partial charge in [0.25, 0.3) is 0 Å². The summed E-state index contributed by atoms with van der Waals surface area (Å²) < 4.78 is 0.967. The maximum Gasteiger partial charge on any atom is 0.0666 e. The Morgan fingerprint density at radius 3 is 2.67 bits per heavy atom.